The molecule has 0 spiro atoms. The van der Waals surface area contributed by atoms with Crippen molar-refractivity contribution in [2.45, 2.75) is 39.0 Å². The first-order valence-electron chi connectivity index (χ1n) is 8.49. The highest BCUT2D eigenvalue weighted by atomic mass is 16.5. The average molecular weight is 319 g/mol. The van der Waals surface area contributed by atoms with E-state index in [0.29, 0.717) is 25.0 Å². The summed E-state index contributed by atoms with van der Waals surface area (Å²) < 4.78 is 16.5. The Labute approximate surface area is 139 Å². The lowest BCUT2D eigenvalue weighted by molar-refractivity contribution is 0.170. The van der Waals surface area contributed by atoms with Crippen molar-refractivity contribution in [3.05, 3.63) is 23.3 Å². The molecule has 0 radical (unpaired) electrons. The summed E-state index contributed by atoms with van der Waals surface area (Å²) in [6, 6.07) is 4.20. The lowest BCUT2D eigenvalue weighted by Gasteiger charge is -2.24. The average Bonchev–Trinajstić information content (AvgIpc) is 2.56. The van der Waals surface area contributed by atoms with Crippen LogP contribution in [-0.4, -0.2) is 40.2 Å². The first-order chi connectivity index (χ1) is 11.2. The lowest BCUT2D eigenvalue weighted by atomic mass is 9.87. The van der Waals surface area contributed by atoms with Crippen molar-refractivity contribution in [1.82, 2.24) is 0 Å². The summed E-state index contributed by atoms with van der Waals surface area (Å²) in [7, 11) is 3.39. The van der Waals surface area contributed by atoms with Crippen LogP contribution in [0.1, 0.15) is 50.2 Å². The van der Waals surface area contributed by atoms with E-state index in [1.54, 1.807) is 14.2 Å². The predicted molar refractivity (Wildman–Crippen MR) is 94.3 cm³/mol. The zero-order valence-corrected chi connectivity index (χ0v) is 14.8. The summed E-state index contributed by atoms with van der Waals surface area (Å²) in [5.74, 6) is 2.79. The van der Waals surface area contributed by atoms with Crippen molar-refractivity contribution in [2.24, 2.45) is 10.9 Å². The maximum Gasteiger partial charge on any atom is 0.161 e. The molecule has 1 aliphatic rings. The third kappa shape index (κ3) is 4.96. The fraction of sp³-hybridized carbons (Fsp3) is 0.632. The second-order valence-electron chi connectivity index (χ2n) is 6.49. The van der Waals surface area contributed by atoms with Gasteiger partial charge in [0.25, 0.3) is 0 Å². The van der Waals surface area contributed by atoms with Gasteiger partial charge in [-0.1, -0.05) is 20.3 Å². The third-order valence-electron chi connectivity index (χ3n) is 4.21. The molecule has 0 saturated heterocycles. The number of aliphatic imine (C=N–C) groups is 1. The third-order valence-corrected chi connectivity index (χ3v) is 4.21. The van der Waals surface area contributed by atoms with Gasteiger partial charge in [-0.25, -0.2) is 0 Å². The van der Waals surface area contributed by atoms with Crippen LogP contribution in [0.2, 0.25) is 0 Å². The van der Waals surface area contributed by atoms with Gasteiger partial charge in [0.1, 0.15) is 0 Å². The van der Waals surface area contributed by atoms with Crippen molar-refractivity contribution < 1.29 is 14.2 Å². The Morgan fingerprint density at radius 2 is 2.00 bits per heavy atom. The van der Waals surface area contributed by atoms with Crippen LogP contribution >= 0.6 is 0 Å². The van der Waals surface area contributed by atoms with E-state index in [1.165, 1.54) is 12.0 Å². The highest BCUT2D eigenvalue weighted by Gasteiger charge is 2.21. The van der Waals surface area contributed by atoms with Gasteiger partial charge in [0.05, 0.1) is 13.7 Å². The molecule has 1 heterocycles. The van der Waals surface area contributed by atoms with Crippen LogP contribution in [0.3, 0.4) is 0 Å². The fourth-order valence-electron chi connectivity index (χ4n) is 2.87. The maximum absolute atomic E-state index is 5.92. The van der Waals surface area contributed by atoms with Crippen molar-refractivity contribution >= 4 is 6.21 Å². The Kier molecular flexibility index (Phi) is 6.90. The van der Waals surface area contributed by atoms with Crippen LogP contribution in [0.25, 0.3) is 0 Å². The molecule has 128 valence electrons. The summed E-state index contributed by atoms with van der Waals surface area (Å²) in [6.45, 7) is 6.75. The molecular formula is C19H29NO3. The van der Waals surface area contributed by atoms with Crippen molar-refractivity contribution in [1.29, 1.82) is 0 Å². The van der Waals surface area contributed by atoms with Gasteiger partial charge in [-0.2, -0.15) is 0 Å². The smallest absolute Gasteiger partial charge is 0.161 e. The van der Waals surface area contributed by atoms with E-state index < -0.39 is 0 Å². The summed E-state index contributed by atoms with van der Waals surface area (Å²) in [5.41, 5.74) is 2.49. The van der Waals surface area contributed by atoms with E-state index >= 15 is 0 Å². The van der Waals surface area contributed by atoms with E-state index in [4.69, 9.17) is 14.2 Å². The van der Waals surface area contributed by atoms with Gasteiger partial charge in [-0.3, -0.25) is 4.99 Å². The molecule has 1 unspecified atom stereocenters. The number of methoxy groups -OCH3 is 2. The Hall–Kier alpha value is -1.55. The molecule has 4 nitrogen and oxygen atoms in total. The minimum Gasteiger partial charge on any atom is -0.493 e. The Morgan fingerprint density at radius 3 is 2.70 bits per heavy atom. The number of ether oxygens (including phenoxy) is 3. The minimum absolute atomic E-state index is 0.477. The van der Waals surface area contributed by atoms with Gasteiger partial charge >= 0.3 is 0 Å². The Bertz CT molecular complexity index is 526. The number of nitrogens with zero attached hydrogens (tertiary/aromatic N) is 1. The first-order valence-corrected chi connectivity index (χ1v) is 8.49. The standard InChI is InChI=1S/C19H29NO3/c1-14(2)6-7-15-12-20-13-16-10-18(22-4)19(11-17(15)16)23-9-5-8-21-3/h10-11,13-15H,5-9,12H2,1-4H3. The molecule has 1 aliphatic heterocycles. The zero-order chi connectivity index (χ0) is 16.7. The summed E-state index contributed by atoms with van der Waals surface area (Å²) >= 11 is 0. The van der Waals surface area contributed by atoms with Crippen molar-refractivity contribution in [3.63, 3.8) is 0 Å². The minimum atomic E-state index is 0.477. The van der Waals surface area contributed by atoms with Crippen LogP contribution < -0.4 is 9.47 Å². The molecule has 1 aromatic rings. The second kappa shape index (κ2) is 8.92. The molecule has 0 fully saturated rings. The van der Waals surface area contributed by atoms with E-state index in [-0.39, 0.29) is 0 Å². The first kappa shape index (κ1) is 17.8. The van der Waals surface area contributed by atoms with E-state index in [1.807, 2.05) is 12.3 Å². The SMILES string of the molecule is COCCCOc1cc2c(cc1OC)C=NCC2CCC(C)C. The van der Waals surface area contributed by atoms with Crippen LogP contribution in [0, 0.1) is 5.92 Å². The van der Waals surface area contributed by atoms with Gasteiger partial charge in [0.2, 0.25) is 0 Å². The fourth-order valence-corrected chi connectivity index (χ4v) is 2.87. The molecular weight excluding hydrogens is 290 g/mol. The molecule has 4 heteroatoms. The number of benzene rings is 1. The van der Waals surface area contributed by atoms with E-state index in [9.17, 15) is 0 Å². The summed E-state index contributed by atoms with van der Waals surface area (Å²) in [5, 5.41) is 0. The van der Waals surface area contributed by atoms with Gasteiger partial charge in [0.15, 0.2) is 11.5 Å². The highest BCUT2D eigenvalue weighted by molar-refractivity contribution is 5.85. The molecule has 1 atom stereocenters. The zero-order valence-electron chi connectivity index (χ0n) is 14.8. The van der Waals surface area contributed by atoms with Crippen molar-refractivity contribution in [2.75, 3.05) is 34.0 Å². The molecule has 0 saturated carbocycles. The summed E-state index contributed by atoms with van der Waals surface area (Å²) in [6.07, 6.45) is 5.21. The number of rotatable bonds is 9. The monoisotopic (exact) mass is 319 g/mol. The van der Waals surface area contributed by atoms with Crippen LogP contribution in [-0.2, 0) is 4.74 Å². The largest absolute Gasteiger partial charge is 0.493 e. The predicted octanol–water partition coefficient (Wildman–Crippen LogP) is 4.06. The van der Waals surface area contributed by atoms with Gasteiger partial charge in [-0.15, -0.1) is 0 Å². The molecule has 0 aliphatic carbocycles. The Morgan fingerprint density at radius 1 is 1.17 bits per heavy atom. The lowest BCUT2D eigenvalue weighted by Crippen LogP contribution is -2.13. The second-order valence-corrected chi connectivity index (χ2v) is 6.49. The topological polar surface area (TPSA) is 40.0 Å². The number of fused-ring (bicyclic) bond motifs is 1. The van der Waals surface area contributed by atoms with Crippen LogP contribution in [0.5, 0.6) is 11.5 Å². The quantitative estimate of drug-likeness (QED) is 0.644. The molecule has 0 amide bonds. The molecule has 0 bridgehead atoms. The van der Waals surface area contributed by atoms with Crippen LogP contribution in [0.4, 0.5) is 0 Å². The molecule has 2 rings (SSSR count). The van der Waals surface area contributed by atoms with Gasteiger partial charge < -0.3 is 14.2 Å². The molecule has 1 aromatic carbocycles. The van der Waals surface area contributed by atoms with Crippen molar-refractivity contribution in [3.8, 4) is 11.5 Å². The van der Waals surface area contributed by atoms with Gasteiger partial charge in [0, 0.05) is 38.8 Å². The molecule has 0 aromatic heterocycles. The van der Waals surface area contributed by atoms with Gasteiger partial charge in [-0.05, 0) is 35.6 Å². The number of hydrogen-bond acceptors (Lipinski definition) is 4. The molecule has 0 N–H and O–H groups in total. The van der Waals surface area contributed by atoms with E-state index in [0.717, 1.165) is 36.4 Å². The number of hydrogen-bond donors (Lipinski definition) is 0. The van der Waals surface area contributed by atoms with E-state index in [2.05, 4.69) is 24.9 Å². The van der Waals surface area contributed by atoms with Crippen LogP contribution in [0.15, 0.2) is 17.1 Å². The highest BCUT2D eigenvalue weighted by Crippen LogP contribution is 2.37. The molecule has 23 heavy (non-hydrogen) atoms. The summed E-state index contributed by atoms with van der Waals surface area (Å²) in [4.78, 5) is 4.53. The maximum atomic E-state index is 5.92. The Balaban J connectivity index is 2.16. The normalized spacial score (nSPS) is 16.5.